The number of para-hydroxylation sites is 1. The molecule has 6 nitrogen and oxygen atoms in total. The van der Waals surface area contributed by atoms with Crippen molar-refractivity contribution in [2.75, 3.05) is 36.0 Å². The number of hydrogen-bond donors (Lipinski definition) is 0. The maximum absolute atomic E-state index is 5.75. The van der Waals surface area contributed by atoms with E-state index in [4.69, 9.17) is 19.7 Å². The molecule has 6 rings (SSSR count). The molecule has 0 aliphatic carbocycles. The van der Waals surface area contributed by atoms with Crippen molar-refractivity contribution >= 4 is 22.5 Å². The molecule has 2 atom stereocenters. The van der Waals surface area contributed by atoms with Crippen LogP contribution in [0.1, 0.15) is 18.0 Å². The highest BCUT2D eigenvalue weighted by Crippen LogP contribution is 2.38. The van der Waals surface area contributed by atoms with Crippen LogP contribution in [0, 0.1) is 0 Å². The van der Waals surface area contributed by atoms with Crippen LogP contribution in [-0.2, 0) is 4.74 Å². The molecular weight excluding hydrogens is 338 g/mol. The van der Waals surface area contributed by atoms with E-state index in [1.165, 1.54) is 5.39 Å². The molecule has 0 radical (unpaired) electrons. The van der Waals surface area contributed by atoms with Gasteiger partial charge in [-0.2, -0.15) is 0 Å². The normalized spacial score (nSPS) is 24.6. The molecule has 3 fully saturated rings. The summed E-state index contributed by atoms with van der Waals surface area (Å²) in [4.78, 5) is 19.0. The third-order valence-corrected chi connectivity index (χ3v) is 6.05. The second-order valence-electron chi connectivity index (χ2n) is 7.73. The molecule has 136 valence electrons. The Balaban J connectivity index is 1.23. The first-order valence-electron chi connectivity index (χ1n) is 9.65. The molecule has 0 saturated carbocycles. The zero-order valence-corrected chi connectivity index (χ0v) is 15.0. The number of benzene rings is 1. The quantitative estimate of drug-likeness (QED) is 0.717. The van der Waals surface area contributed by atoms with E-state index in [0.717, 1.165) is 55.5 Å². The van der Waals surface area contributed by atoms with Crippen molar-refractivity contribution in [2.45, 2.75) is 24.5 Å². The van der Waals surface area contributed by atoms with Gasteiger partial charge in [-0.05, 0) is 24.6 Å². The van der Waals surface area contributed by atoms with Crippen molar-refractivity contribution in [3.8, 4) is 0 Å². The number of rotatable bonds is 3. The fourth-order valence-electron chi connectivity index (χ4n) is 4.58. The summed E-state index contributed by atoms with van der Waals surface area (Å²) >= 11 is 0. The van der Waals surface area contributed by atoms with Gasteiger partial charge in [0.15, 0.2) is 5.82 Å². The highest BCUT2D eigenvalue weighted by Gasteiger charge is 2.42. The van der Waals surface area contributed by atoms with Gasteiger partial charge < -0.3 is 14.5 Å². The van der Waals surface area contributed by atoms with Crippen molar-refractivity contribution in [3.05, 3.63) is 54.5 Å². The Labute approximate surface area is 157 Å². The van der Waals surface area contributed by atoms with E-state index in [1.54, 1.807) is 0 Å². The zero-order chi connectivity index (χ0) is 17.8. The van der Waals surface area contributed by atoms with Gasteiger partial charge in [0.2, 0.25) is 0 Å². The molecule has 0 amide bonds. The lowest BCUT2D eigenvalue weighted by Gasteiger charge is -2.41. The smallest absolute Gasteiger partial charge is 0.151 e. The Hall–Kier alpha value is -2.73. The minimum absolute atomic E-state index is 0.365. The Kier molecular flexibility index (Phi) is 3.35. The number of ether oxygens (including phenoxy) is 1. The molecular formula is C21H21N5O. The van der Waals surface area contributed by atoms with Crippen LogP contribution in [0.3, 0.4) is 0 Å². The van der Waals surface area contributed by atoms with Crippen molar-refractivity contribution < 1.29 is 4.74 Å². The Morgan fingerprint density at radius 3 is 2.70 bits per heavy atom. The van der Waals surface area contributed by atoms with Crippen LogP contribution in [0.5, 0.6) is 0 Å². The average molecular weight is 359 g/mol. The maximum Gasteiger partial charge on any atom is 0.151 e. The lowest BCUT2D eigenvalue weighted by Crippen LogP contribution is -2.47. The van der Waals surface area contributed by atoms with E-state index < -0.39 is 0 Å². The van der Waals surface area contributed by atoms with E-state index in [1.807, 2.05) is 18.5 Å². The number of anilines is 2. The van der Waals surface area contributed by atoms with E-state index in [2.05, 4.69) is 40.1 Å². The van der Waals surface area contributed by atoms with Gasteiger partial charge in [0, 0.05) is 43.3 Å². The summed E-state index contributed by atoms with van der Waals surface area (Å²) in [6.45, 7) is 3.64. The van der Waals surface area contributed by atoms with Crippen molar-refractivity contribution in [1.29, 1.82) is 0 Å². The molecule has 27 heavy (non-hydrogen) atoms. The summed E-state index contributed by atoms with van der Waals surface area (Å²) in [5.41, 5.74) is 2.17. The lowest BCUT2D eigenvalue weighted by atomic mass is 9.95. The first kappa shape index (κ1) is 15.3. The molecule has 3 aromatic rings. The lowest BCUT2D eigenvalue weighted by molar-refractivity contribution is 0.0987. The largest absolute Gasteiger partial charge is 0.374 e. The highest BCUT2D eigenvalue weighted by atomic mass is 16.5. The number of morpholine rings is 1. The molecule has 2 aromatic heterocycles. The summed E-state index contributed by atoms with van der Waals surface area (Å²) in [6, 6.07) is 13.0. The predicted molar refractivity (Wildman–Crippen MR) is 104 cm³/mol. The number of nitrogens with zero attached hydrogens (tertiary/aromatic N) is 5. The molecule has 3 aliphatic rings. The second kappa shape index (κ2) is 5.89. The number of aromatic nitrogens is 3. The Morgan fingerprint density at radius 1 is 0.963 bits per heavy atom. The zero-order valence-electron chi connectivity index (χ0n) is 15.0. The van der Waals surface area contributed by atoms with E-state index in [9.17, 15) is 0 Å². The van der Waals surface area contributed by atoms with Gasteiger partial charge >= 0.3 is 0 Å². The van der Waals surface area contributed by atoms with E-state index >= 15 is 0 Å². The van der Waals surface area contributed by atoms with Gasteiger partial charge in [0.05, 0.1) is 30.0 Å². The first-order chi connectivity index (χ1) is 13.3. The number of pyridine rings is 1. The fraction of sp³-hybridized carbons (Fsp3) is 0.381. The molecule has 0 N–H and O–H groups in total. The summed E-state index contributed by atoms with van der Waals surface area (Å²) in [5, 5.41) is 1.18. The average Bonchev–Trinajstić information content (AvgIpc) is 3.31. The molecule has 3 aliphatic heterocycles. The summed E-state index contributed by atoms with van der Waals surface area (Å²) < 4.78 is 5.75. The van der Waals surface area contributed by atoms with Crippen molar-refractivity contribution in [3.63, 3.8) is 0 Å². The van der Waals surface area contributed by atoms with Gasteiger partial charge in [-0.15, -0.1) is 0 Å². The monoisotopic (exact) mass is 359 g/mol. The molecule has 5 heterocycles. The maximum atomic E-state index is 5.75. The second-order valence-corrected chi connectivity index (χ2v) is 7.73. The molecule has 1 aromatic carbocycles. The topological polar surface area (TPSA) is 54.4 Å². The first-order valence-corrected chi connectivity index (χ1v) is 9.65. The van der Waals surface area contributed by atoms with Crippen molar-refractivity contribution in [2.24, 2.45) is 0 Å². The number of fused-ring (bicyclic) bond motifs is 3. The third kappa shape index (κ3) is 2.47. The van der Waals surface area contributed by atoms with Gasteiger partial charge in [0.1, 0.15) is 5.82 Å². The van der Waals surface area contributed by atoms with Crippen LogP contribution < -0.4 is 9.80 Å². The van der Waals surface area contributed by atoms with Crippen LogP contribution in [0.25, 0.3) is 10.9 Å². The SMILES string of the molecule is c1ccc2nc(N3CC(c4nccnc4N4CC5CC4CO5)C3)ccc2c1. The van der Waals surface area contributed by atoms with Crippen molar-refractivity contribution in [1.82, 2.24) is 15.0 Å². The standard InChI is InChI=1S/C21H21N5O/c1-2-4-18-14(3-1)5-6-19(24-18)25-10-15(11-25)20-21(23-8-7-22-20)26-12-17-9-16(26)13-27-17/h1-8,15-17H,9-13H2. The number of hydrogen-bond acceptors (Lipinski definition) is 6. The van der Waals surface area contributed by atoms with Crippen LogP contribution in [-0.4, -0.2) is 53.3 Å². The van der Waals surface area contributed by atoms with E-state index in [0.29, 0.717) is 18.1 Å². The van der Waals surface area contributed by atoms with Crippen LogP contribution >= 0.6 is 0 Å². The van der Waals surface area contributed by atoms with Gasteiger partial charge in [-0.25, -0.2) is 9.97 Å². The predicted octanol–water partition coefficient (Wildman–Crippen LogP) is 2.61. The molecule has 2 unspecified atom stereocenters. The van der Waals surface area contributed by atoms with Gasteiger partial charge in [-0.1, -0.05) is 18.2 Å². The Morgan fingerprint density at radius 2 is 1.85 bits per heavy atom. The highest BCUT2D eigenvalue weighted by molar-refractivity contribution is 5.80. The summed E-state index contributed by atoms with van der Waals surface area (Å²) in [5.74, 6) is 2.51. The molecule has 6 heteroatoms. The van der Waals surface area contributed by atoms with Crippen LogP contribution in [0.4, 0.5) is 11.6 Å². The minimum Gasteiger partial charge on any atom is -0.374 e. The van der Waals surface area contributed by atoms with Gasteiger partial charge in [0.25, 0.3) is 0 Å². The fourth-order valence-corrected chi connectivity index (χ4v) is 4.58. The Bertz CT molecular complexity index is 1000. The van der Waals surface area contributed by atoms with Crippen LogP contribution in [0.15, 0.2) is 48.8 Å². The molecule has 2 bridgehead atoms. The molecule has 0 spiro atoms. The van der Waals surface area contributed by atoms with Crippen LogP contribution in [0.2, 0.25) is 0 Å². The summed E-state index contributed by atoms with van der Waals surface area (Å²) in [7, 11) is 0. The van der Waals surface area contributed by atoms with Gasteiger partial charge in [-0.3, -0.25) is 4.98 Å². The minimum atomic E-state index is 0.365. The third-order valence-electron chi connectivity index (χ3n) is 6.05. The van der Waals surface area contributed by atoms with E-state index in [-0.39, 0.29) is 0 Å². The summed E-state index contributed by atoms with van der Waals surface area (Å²) in [6.07, 6.45) is 5.12. The molecule has 3 saturated heterocycles.